The molecule has 0 radical (unpaired) electrons. The van der Waals surface area contributed by atoms with Crippen molar-refractivity contribution < 1.29 is 9.53 Å². The molecule has 1 aromatic heterocycles. The number of nitriles is 1. The van der Waals surface area contributed by atoms with Gasteiger partial charge in [-0.2, -0.15) is 5.26 Å². The van der Waals surface area contributed by atoms with Crippen LogP contribution in [0.5, 0.6) is 0 Å². The zero-order valence-electron chi connectivity index (χ0n) is 10.6. The maximum absolute atomic E-state index is 12.0. The van der Waals surface area contributed by atoms with Gasteiger partial charge in [-0.05, 0) is 47.2 Å². The van der Waals surface area contributed by atoms with Crippen molar-refractivity contribution >= 4 is 44.9 Å². The summed E-state index contributed by atoms with van der Waals surface area (Å²) >= 11 is 3.29. The number of benzene rings is 1. The number of esters is 1. The molecule has 1 heterocycles. The van der Waals surface area contributed by atoms with Gasteiger partial charge < -0.3 is 10.5 Å². The summed E-state index contributed by atoms with van der Waals surface area (Å²) in [4.78, 5) is 12.4. The van der Waals surface area contributed by atoms with Crippen LogP contribution < -0.4 is 5.73 Å². The molecule has 0 bridgehead atoms. The Labute approximate surface area is 134 Å². The van der Waals surface area contributed by atoms with Crippen LogP contribution in [-0.2, 0) is 4.74 Å². The molecule has 0 amide bonds. The summed E-state index contributed by atoms with van der Waals surface area (Å²) in [6, 6.07) is 9.64. The van der Waals surface area contributed by atoms with Crippen LogP contribution in [0.15, 0.2) is 24.3 Å². The van der Waals surface area contributed by atoms with Crippen molar-refractivity contribution in [3.63, 3.8) is 0 Å². The topological polar surface area (TPSA) is 76.1 Å². The second kappa shape index (κ2) is 6.24. The van der Waals surface area contributed by atoms with Gasteiger partial charge in [0.1, 0.15) is 15.9 Å². The van der Waals surface area contributed by atoms with E-state index in [0.29, 0.717) is 21.0 Å². The standard InChI is InChI=1S/C14H11IN2O2S/c1-2-19-14(18)12-11(10(7-16)13(17)20-12)8-3-5-9(15)6-4-8/h3-6H,2,17H2,1H3. The molecule has 0 aliphatic rings. The van der Waals surface area contributed by atoms with E-state index in [-0.39, 0.29) is 6.61 Å². The predicted molar refractivity (Wildman–Crippen MR) is 87.6 cm³/mol. The summed E-state index contributed by atoms with van der Waals surface area (Å²) in [5.41, 5.74) is 7.52. The van der Waals surface area contributed by atoms with Gasteiger partial charge >= 0.3 is 5.97 Å². The third kappa shape index (κ3) is 2.78. The highest BCUT2D eigenvalue weighted by Crippen LogP contribution is 2.38. The fourth-order valence-corrected chi connectivity index (χ4v) is 3.09. The van der Waals surface area contributed by atoms with Crippen LogP contribution in [0.2, 0.25) is 0 Å². The Kier molecular flexibility index (Phi) is 4.62. The molecule has 0 unspecified atom stereocenters. The number of nitrogen functional groups attached to an aromatic ring is 1. The van der Waals surface area contributed by atoms with E-state index < -0.39 is 5.97 Å². The smallest absolute Gasteiger partial charge is 0.349 e. The van der Waals surface area contributed by atoms with Gasteiger partial charge in [0.25, 0.3) is 0 Å². The van der Waals surface area contributed by atoms with Gasteiger partial charge in [0, 0.05) is 9.13 Å². The minimum atomic E-state index is -0.445. The van der Waals surface area contributed by atoms with Crippen LogP contribution in [0.3, 0.4) is 0 Å². The molecule has 20 heavy (non-hydrogen) atoms. The molecule has 6 heteroatoms. The van der Waals surface area contributed by atoms with Gasteiger partial charge in [-0.1, -0.05) is 12.1 Å². The fraction of sp³-hybridized carbons (Fsp3) is 0.143. The first-order valence-electron chi connectivity index (χ1n) is 5.83. The number of halogens is 1. The van der Waals surface area contributed by atoms with Crippen LogP contribution in [0.25, 0.3) is 11.1 Å². The van der Waals surface area contributed by atoms with Crippen molar-refractivity contribution in [1.29, 1.82) is 5.26 Å². The zero-order valence-corrected chi connectivity index (χ0v) is 13.6. The molecule has 0 saturated carbocycles. The molecular weight excluding hydrogens is 387 g/mol. The van der Waals surface area contributed by atoms with Crippen LogP contribution in [-0.4, -0.2) is 12.6 Å². The van der Waals surface area contributed by atoms with Crippen molar-refractivity contribution in [1.82, 2.24) is 0 Å². The van der Waals surface area contributed by atoms with Crippen LogP contribution >= 0.6 is 33.9 Å². The first kappa shape index (κ1) is 14.8. The first-order valence-corrected chi connectivity index (χ1v) is 7.73. The van der Waals surface area contributed by atoms with Gasteiger partial charge in [-0.25, -0.2) is 4.79 Å². The Hall–Kier alpha value is -1.59. The molecule has 102 valence electrons. The highest BCUT2D eigenvalue weighted by atomic mass is 127. The minimum absolute atomic E-state index is 0.282. The van der Waals surface area contributed by atoms with Crippen molar-refractivity contribution in [2.45, 2.75) is 6.92 Å². The van der Waals surface area contributed by atoms with Gasteiger partial charge in [0.15, 0.2) is 0 Å². The summed E-state index contributed by atoms with van der Waals surface area (Å²) in [7, 11) is 0. The van der Waals surface area contributed by atoms with Crippen molar-refractivity contribution in [3.8, 4) is 17.2 Å². The maximum Gasteiger partial charge on any atom is 0.349 e. The van der Waals surface area contributed by atoms with Crippen molar-refractivity contribution in [2.75, 3.05) is 12.3 Å². The Morgan fingerprint density at radius 3 is 2.65 bits per heavy atom. The number of thiophene rings is 1. The maximum atomic E-state index is 12.0. The predicted octanol–water partition coefficient (Wildman–Crippen LogP) is 3.65. The number of nitrogens with two attached hydrogens (primary N) is 1. The Morgan fingerprint density at radius 1 is 1.45 bits per heavy atom. The second-order valence-electron chi connectivity index (χ2n) is 3.88. The van der Waals surface area contributed by atoms with E-state index in [9.17, 15) is 10.1 Å². The number of carbonyl (C=O) groups is 1. The second-order valence-corrected chi connectivity index (χ2v) is 6.18. The molecule has 2 N–H and O–H groups in total. The molecule has 1 aromatic carbocycles. The zero-order chi connectivity index (χ0) is 14.7. The molecule has 2 aromatic rings. The average molecular weight is 398 g/mol. The van der Waals surface area contributed by atoms with E-state index in [1.807, 2.05) is 24.3 Å². The lowest BCUT2D eigenvalue weighted by molar-refractivity contribution is 0.0533. The summed E-state index contributed by atoms with van der Waals surface area (Å²) in [5.74, 6) is -0.445. The van der Waals surface area contributed by atoms with E-state index in [1.165, 1.54) is 0 Å². The third-order valence-electron chi connectivity index (χ3n) is 2.64. The highest BCUT2D eigenvalue weighted by molar-refractivity contribution is 14.1. The van der Waals surface area contributed by atoms with Gasteiger partial charge in [-0.15, -0.1) is 11.3 Å². The van der Waals surface area contributed by atoms with Crippen LogP contribution in [0.1, 0.15) is 22.2 Å². The quantitative estimate of drug-likeness (QED) is 0.633. The summed E-state index contributed by atoms with van der Waals surface area (Å²) in [5, 5.41) is 9.60. The Morgan fingerprint density at radius 2 is 2.10 bits per heavy atom. The molecule has 0 spiro atoms. The van der Waals surface area contributed by atoms with E-state index in [0.717, 1.165) is 20.5 Å². The lowest BCUT2D eigenvalue weighted by Crippen LogP contribution is -2.04. The SMILES string of the molecule is CCOC(=O)c1sc(N)c(C#N)c1-c1ccc(I)cc1. The lowest BCUT2D eigenvalue weighted by atomic mass is 10.0. The molecule has 0 saturated heterocycles. The van der Waals surface area contributed by atoms with Crippen LogP contribution in [0.4, 0.5) is 5.00 Å². The summed E-state index contributed by atoms with van der Waals surface area (Å²) in [6.45, 7) is 2.02. The lowest BCUT2D eigenvalue weighted by Gasteiger charge is -2.05. The minimum Gasteiger partial charge on any atom is -0.462 e. The number of ether oxygens (including phenoxy) is 1. The largest absolute Gasteiger partial charge is 0.462 e. The Balaban J connectivity index is 2.63. The van der Waals surface area contributed by atoms with Crippen molar-refractivity contribution in [3.05, 3.63) is 38.3 Å². The molecule has 0 fully saturated rings. The van der Waals surface area contributed by atoms with Crippen molar-refractivity contribution in [2.24, 2.45) is 0 Å². The molecular formula is C14H11IN2O2S. The number of rotatable bonds is 3. The van der Waals surface area contributed by atoms with Gasteiger partial charge in [-0.3, -0.25) is 0 Å². The molecule has 0 aliphatic heterocycles. The number of hydrogen-bond acceptors (Lipinski definition) is 5. The fourth-order valence-electron chi connectivity index (χ4n) is 1.79. The van der Waals surface area contributed by atoms with E-state index in [4.69, 9.17) is 10.5 Å². The number of hydrogen-bond donors (Lipinski definition) is 1. The van der Waals surface area contributed by atoms with E-state index >= 15 is 0 Å². The van der Waals surface area contributed by atoms with Crippen LogP contribution in [0, 0.1) is 14.9 Å². The van der Waals surface area contributed by atoms with E-state index in [2.05, 4.69) is 28.7 Å². The third-order valence-corrected chi connectivity index (χ3v) is 4.36. The average Bonchev–Trinajstić information content (AvgIpc) is 2.77. The molecule has 0 atom stereocenters. The highest BCUT2D eigenvalue weighted by Gasteiger charge is 2.23. The van der Waals surface area contributed by atoms with E-state index in [1.54, 1.807) is 6.92 Å². The monoisotopic (exact) mass is 398 g/mol. The summed E-state index contributed by atoms with van der Waals surface area (Å²) < 4.78 is 6.11. The summed E-state index contributed by atoms with van der Waals surface area (Å²) in [6.07, 6.45) is 0. The normalized spacial score (nSPS) is 10.1. The number of nitrogens with zero attached hydrogens (tertiary/aromatic N) is 1. The molecule has 0 aliphatic carbocycles. The van der Waals surface area contributed by atoms with Gasteiger partial charge in [0.2, 0.25) is 0 Å². The molecule has 4 nitrogen and oxygen atoms in total. The number of anilines is 1. The number of carbonyl (C=O) groups excluding carboxylic acids is 1. The first-order chi connectivity index (χ1) is 9.58. The molecule has 2 rings (SSSR count). The Bertz CT molecular complexity index is 686. The van der Waals surface area contributed by atoms with Gasteiger partial charge in [0.05, 0.1) is 12.2 Å².